The van der Waals surface area contributed by atoms with Crippen molar-refractivity contribution < 1.29 is 0 Å². The zero-order valence-corrected chi connectivity index (χ0v) is 61.0. The summed E-state index contributed by atoms with van der Waals surface area (Å²) in [4.78, 5) is 11.4. The van der Waals surface area contributed by atoms with Gasteiger partial charge in [-0.2, -0.15) is 0 Å². The Kier molecular flexibility index (Phi) is 12.4. The number of para-hydroxylation sites is 4. The molecule has 0 unspecified atom stereocenters. The molecular formula is C104H68N6. The Balaban J connectivity index is 0.600. The number of rotatable bonds is 8. The van der Waals surface area contributed by atoms with Crippen molar-refractivity contribution in [2.75, 3.05) is 0 Å². The summed E-state index contributed by atoms with van der Waals surface area (Å²) < 4.78 is 9.78. The van der Waals surface area contributed by atoms with Crippen LogP contribution in [0.5, 0.6) is 0 Å². The van der Waals surface area contributed by atoms with Crippen molar-refractivity contribution in [3.8, 4) is 112 Å². The van der Waals surface area contributed by atoms with E-state index in [2.05, 4.69) is 386 Å². The Morgan fingerprint density at radius 1 is 0.218 bits per heavy atom. The number of hydrogen-bond acceptors (Lipinski definition) is 2. The Bertz CT molecular complexity index is 7660. The van der Waals surface area contributed by atoms with Crippen molar-refractivity contribution in [2.24, 2.45) is 0 Å². The van der Waals surface area contributed by atoms with Crippen LogP contribution in [0.15, 0.2) is 340 Å². The highest BCUT2D eigenvalue weighted by Crippen LogP contribution is 2.54. The van der Waals surface area contributed by atoms with Gasteiger partial charge in [0.25, 0.3) is 0 Å². The molecule has 514 valence electrons. The normalized spacial score (nSPS) is 13.6. The Morgan fingerprint density at radius 3 is 1.00 bits per heavy atom. The van der Waals surface area contributed by atoms with Gasteiger partial charge in [0, 0.05) is 98.9 Å². The SMILES string of the molecule is CC1(C)c2ccccc2-c2ccc(-n3c4ccccc4c4cc(-c5ccc6c(c5)c5ccccc5n6-c5cccc(-c6nc(-c7cccc(-n8c9ccccc9c9cc(-c%10ccc%11c(c%10)c%10ccccc%10n%11-c%10ccc%11c(c%10)C(C)(C)c%10ccccc%10-%11)ccc98)c7)c7c(n6)-c6cccc8cccc-7c68)c5)ccc43)cc21. The maximum atomic E-state index is 5.78. The molecule has 3 aliphatic rings. The van der Waals surface area contributed by atoms with Crippen molar-refractivity contribution in [2.45, 2.75) is 38.5 Å². The molecular weight excluding hydrogens is 1330 g/mol. The molecule has 0 atom stereocenters. The minimum Gasteiger partial charge on any atom is -0.309 e. The third kappa shape index (κ3) is 8.47. The first-order chi connectivity index (χ1) is 54.1. The van der Waals surface area contributed by atoms with Gasteiger partial charge in [0.1, 0.15) is 0 Å². The Labute approximate surface area is 634 Å². The lowest BCUT2D eigenvalue weighted by Crippen LogP contribution is -2.15. The van der Waals surface area contributed by atoms with Crippen LogP contribution in [0.4, 0.5) is 0 Å². The van der Waals surface area contributed by atoms with Gasteiger partial charge in [-0.1, -0.05) is 246 Å². The first-order valence-corrected chi connectivity index (χ1v) is 38.4. The van der Waals surface area contributed by atoms with Crippen LogP contribution in [0.2, 0.25) is 0 Å². The van der Waals surface area contributed by atoms with Gasteiger partial charge in [0.05, 0.1) is 55.5 Å². The highest BCUT2D eigenvalue weighted by molar-refractivity contribution is 6.19. The molecule has 0 saturated carbocycles. The second kappa shape index (κ2) is 22.3. The van der Waals surface area contributed by atoms with Crippen molar-refractivity contribution in [1.82, 2.24) is 28.2 Å². The molecule has 6 heteroatoms. The van der Waals surface area contributed by atoms with E-state index in [0.29, 0.717) is 5.82 Å². The van der Waals surface area contributed by atoms with Gasteiger partial charge >= 0.3 is 0 Å². The van der Waals surface area contributed by atoms with Crippen molar-refractivity contribution >= 4 is 98.0 Å². The largest absolute Gasteiger partial charge is 0.309 e. The fourth-order valence-electron chi connectivity index (χ4n) is 20.0. The molecule has 0 amide bonds. The average molecular weight is 1400 g/mol. The molecule has 3 aliphatic carbocycles. The molecule has 0 saturated heterocycles. The van der Waals surface area contributed by atoms with E-state index < -0.39 is 0 Å². The number of fused-ring (bicyclic) bond motifs is 21. The zero-order valence-electron chi connectivity index (χ0n) is 61.0. The smallest absolute Gasteiger partial charge is 0.160 e. The lowest BCUT2D eigenvalue weighted by Gasteiger charge is -2.22. The van der Waals surface area contributed by atoms with Gasteiger partial charge in [-0.25, -0.2) is 9.97 Å². The van der Waals surface area contributed by atoms with E-state index in [-0.39, 0.29) is 10.8 Å². The van der Waals surface area contributed by atoms with Crippen LogP contribution < -0.4 is 0 Å². The number of aromatic nitrogens is 6. The molecule has 6 nitrogen and oxygen atoms in total. The van der Waals surface area contributed by atoms with Crippen LogP contribution in [0.1, 0.15) is 49.9 Å². The van der Waals surface area contributed by atoms with E-state index in [9.17, 15) is 0 Å². The number of nitrogens with zero attached hydrogens (tertiary/aromatic N) is 6. The van der Waals surface area contributed by atoms with Crippen molar-refractivity contribution in [1.29, 1.82) is 0 Å². The van der Waals surface area contributed by atoms with Crippen molar-refractivity contribution in [3.63, 3.8) is 0 Å². The van der Waals surface area contributed by atoms with Crippen LogP contribution in [0.25, 0.3) is 210 Å². The van der Waals surface area contributed by atoms with Gasteiger partial charge in [-0.05, 0) is 204 Å². The minimum atomic E-state index is -0.104. The summed E-state index contributed by atoms with van der Waals surface area (Å²) >= 11 is 0. The summed E-state index contributed by atoms with van der Waals surface area (Å²) in [5, 5.41) is 12.1. The van der Waals surface area contributed by atoms with E-state index in [1.165, 1.54) is 154 Å². The second-order valence-electron chi connectivity index (χ2n) is 31.6. The Hall–Kier alpha value is -13.9. The predicted octanol–water partition coefficient (Wildman–Crippen LogP) is 26.9. The molecule has 5 heterocycles. The van der Waals surface area contributed by atoms with Gasteiger partial charge in [-0.15, -0.1) is 0 Å². The monoisotopic (exact) mass is 1400 g/mol. The van der Waals surface area contributed by atoms with Crippen LogP contribution in [-0.2, 0) is 10.8 Å². The summed E-state index contributed by atoms with van der Waals surface area (Å²) in [6.45, 7) is 9.46. The summed E-state index contributed by atoms with van der Waals surface area (Å²) in [6, 6.07) is 127. The third-order valence-electron chi connectivity index (χ3n) is 25.1. The van der Waals surface area contributed by atoms with Gasteiger partial charge in [0.2, 0.25) is 0 Å². The molecule has 16 aromatic carbocycles. The van der Waals surface area contributed by atoms with Crippen LogP contribution in [-0.4, -0.2) is 28.2 Å². The Morgan fingerprint density at radius 2 is 0.555 bits per heavy atom. The van der Waals surface area contributed by atoms with E-state index >= 15 is 0 Å². The standard InChI is InChI=1S/C104H68N6/c1-103(2)86-35-11-5-27-72(86)74-47-45-70(59-88(74)103)109-92-39-15-9-31-78(92)84-57-64(43-51-96(84)109)62-41-49-94-82(55-62)76-29-7-13-37-90(76)107(94)68-25-17-23-66(53-68)100-99-80-33-19-21-61-22-20-34-81(98(61)80)101(99)106-102(105-100)67-24-18-26-69(54-67)108-91-38-14-8-30-77(91)83-56-63(42-50-95(83)108)65-44-52-97-85(58-65)79-32-10-16-40-93(79)110(97)71-46-48-75-73-28-6-12-36-87(73)104(3,4)89(75)60-71/h5-60H,1-4H3. The average Bonchev–Trinajstić information content (AvgIpc) is 1.58. The van der Waals surface area contributed by atoms with Crippen LogP contribution in [0, 0.1) is 0 Å². The molecule has 0 N–H and O–H groups in total. The minimum absolute atomic E-state index is 0.104. The van der Waals surface area contributed by atoms with Crippen LogP contribution in [0.3, 0.4) is 0 Å². The fourth-order valence-corrected chi connectivity index (χ4v) is 20.0. The van der Waals surface area contributed by atoms with Gasteiger partial charge in [0.15, 0.2) is 5.82 Å². The van der Waals surface area contributed by atoms with Gasteiger partial charge < -0.3 is 18.3 Å². The molecule has 0 aliphatic heterocycles. The predicted molar refractivity (Wildman–Crippen MR) is 458 cm³/mol. The van der Waals surface area contributed by atoms with Gasteiger partial charge in [-0.3, -0.25) is 0 Å². The van der Waals surface area contributed by atoms with E-state index in [4.69, 9.17) is 9.97 Å². The quantitative estimate of drug-likeness (QED) is 0.152. The summed E-state index contributed by atoms with van der Waals surface area (Å²) in [6.07, 6.45) is 0. The first-order valence-electron chi connectivity index (χ1n) is 38.4. The molecule has 110 heavy (non-hydrogen) atoms. The number of hydrogen-bond donors (Lipinski definition) is 0. The van der Waals surface area contributed by atoms with E-state index in [1.54, 1.807) is 0 Å². The molecule has 0 bridgehead atoms. The molecule has 0 fully saturated rings. The molecule has 21 aromatic rings. The maximum Gasteiger partial charge on any atom is 0.160 e. The summed E-state index contributed by atoms with van der Waals surface area (Å²) in [5.41, 5.74) is 36.3. The molecule has 5 aromatic heterocycles. The lowest BCUT2D eigenvalue weighted by atomic mass is 9.82. The van der Waals surface area contributed by atoms with E-state index in [0.717, 1.165) is 72.6 Å². The van der Waals surface area contributed by atoms with Crippen LogP contribution >= 0.6 is 0 Å². The molecule has 24 rings (SSSR count). The highest BCUT2D eigenvalue weighted by atomic mass is 15.0. The fraction of sp³-hybridized carbons (Fsp3) is 0.0577. The third-order valence-corrected chi connectivity index (χ3v) is 25.1. The molecule has 0 radical (unpaired) electrons. The summed E-state index contributed by atoms with van der Waals surface area (Å²) in [5.74, 6) is 0.673. The topological polar surface area (TPSA) is 45.5 Å². The second-order valence-corrected chi connectivity index (χ2v) is 31.6. The van der Waals surface area contributed by atoms with Crippen molar-refractivity contribution in [3.05, 3.63) is 362 Å². The maximum absolute atomic E-state index is 5.78. The van der Waals surface area contributed by atoms with E-state index in [1.807, 2.05) is 0 Å². The molecule has 0 spiro atoms. The first kappa shape index (κ1) is 61.2. The zero-order chi connectivity index (χ0) is 72.6. The highest BCUT2D eigenvalue weighted by Gasteiger charge is 2.38. The summed E-state index contributed by atoms with van der Waals surface area (Å²) in [7, 11) is 0. The number of benzene rings is 16. The lowest BCUT2D eigenvalue weighted by molar-refractivity contribution is 0.660.